The largest absolute Gasteiger partial charge is 0.401 e. The number of rotatable bonds is 2. The highest BCUT2D eigenvalue weighted by atomic mass is 79.9. The van der Waals surface area contributed by atoms with E-state index in [0.717, 1.165) is 22.1 Å². The van der Waals surface area contributed by atoms with Gasteiger partial charge in [0.25, 0.3) is 0 Å². The van der Waals surface area contributed by atoms with Crippen LogP contribution in [0.25, 0.3) is 0 Å². The van der Waals surface area contributed by atoms with Crippen LogP contribution in [-0.4, -0.2) is 29.8 Å². The Kier molecular flexibility index (Phi) is 5.42. The summed E-state index contributed by atoms with van der Waals surface area (Å²) in [6.45, 7) is 2.20. The van der Waals surface area contributed by atoms with Gasteiger partial charge in [0.05, 0.1) is 12.5 Å². The van der Waals surface area contributed by atoms with Crippen LogP contribution in [0.3, 0.4) is 0 Å². The molecule has 2 aliphatic rings. The second kappa shape index (κ2) is 7.20. The third-order valence-electron chi connectivity index (χ3n) is 5.38. The lowest BCUT2D eigenvalue weighted by molar-refractivity contribution is -0.161. The van der Waals surface area contributed by atoms with Crippen molar-refractivity contribution in [2.75, 3.05) is 12.3 Å². The van der Waals surface area contributed by atoms with Crippen LogP contribution in [-0.2, 0) is 6.42 Å². The quantitative estimate of drug-likeness (QED) is 0.474. The van der Waals surface area contributed by atoms with Gasteiger partial charge in [-0.2, -0.15) is 13.2 Å². The van der Waals surface area contributed by atoms with E-state index in [2.05, 4.69) is 15.9 Å². The molecule has 0 amide bonds. The Morgan fingerprint density at radius 2 is 1.96 bits per heavy atom. The van der Waals surface area contributed by atoms with Crippen LogP contribution in [0.5, 0.6) is 0 Å². The van der Waals surface area contributed by atoms with Crippen LogP contribution in [0.15, 0.2) is 34.6 Å². The molecule has 0 spiro atoms. The molecule has 0 saturated carbocycles. The van der Waals surface area contributed by atoms with Crippen molar-refractivity contribution in [1.82, 2.24) is 4.90 Å². The minimum absolute atomic E-state index is 0.240. The maximum Gasteiger partial charge on any atom is 0.401 e. The summed E-state index contributed by atoms with van der Waals surface area (Å²) in [6, 6.07) is 1.57. The number of fused-ring (bicyclic) bond motifs is 1. The van der Waals surface area contributed by atoms with Crippen molar-refractivity contribution in [2.24, 2.45) is 5.92 Å². The van der Waals surface area contributed by atoms with E-state index >= 15 is 0 Å². The predicted octanol–water partition coefficient (Wildman–Crippen LogP) is 5.53. The summed E-state index contributed by atoms with van der Waals surface area (Å²) >= 11 is 3.04. The van der Waals surface area contributed by atoms with E-state index < -0.39 is 42.7 Å². The van der Waals surface area contributed by atoms with E-state index in [1.807, 2.05) is 0 Å². The zero-order chi connectivity index (χ0) is 20.1. The second-order valence-corrected chi connectivity index (χ2v) is 8.10. The summed E-state index contributed by atoms with van der Waals surface area (Å²) in [7, 11) is 0. The summed E-state index contributed by atoms with van der Waals surface area (Å²) < 4.78 is 69.6. The molecule has 1 aliphatic carbocycles. The van der Waals surface area contributed by atoms with E-state index in [-0.39, 0.29) is 4.48 Å². The van der Waals surface area contributed by atoms with Crippen molar-refractivity contribution < 1.29 is 22.0 Å². The van der Waals surface area contributed by atoms with Gasteiger partial charge in [-0.15, -0.1) is 0 Å². The van der Waals surface area contributed by atoms with Crippen LogP contribution >= 0.6 is 15.9 Å². The Bertz CT molecular complexity index is 802. The van der Waals surface area contributed by atoms with E-state index in [1.54, 1.807) is 26.0 Å². The number of anilines is 1. The minimum Gasteiger partial charge on any atom is -0.399 e. The van der Waals surface area contributed by atoms with Gasteiger partial charge in [-0.25, -0.2) is 8.78 Å². The van der Waals surface area contributed by atoms with Gasteiger partial charge in [0.15, 0.2) is 0 Å². The van der Waals surface area contributed by atoms with Crippen molar-refractivity contribution >= 4 is 21.6 Å². The molecule has 0 fully saturated rings. The lowest BCUT2D eigenvalue weighted by Crippen LogP contribution is -2.50. The van der Waals surface area contributed by atoms with Crippen molar-refractivity contribution in [3.63, 3.8) is 0 Å². The van der Waals surface area contributed by atoms with Crippen LogP contribution in [0, 0.1) is 12.8 Å². The zero-order valence-electron chi connectivity index (χ0n) is 14.8. The van der Waals surface area contributed by atoms with Gasteiger partial charge in [0.2, 0.25) is 0 Å². The van der Waals surface area contributed by atoms with Gasteiger partial charge >= 0.3 is 6.18 Å². The van der Waals surface area contributed by atoms with Crippen LogP contribution in [0.2, 0.25) is 0 Å². The number of hydrogen-bond acceptors (Lipinski definition) is 2. The fraction of sp³-hybridized carbons (Fsp3) is 0.474. The Hall–Kier alpha value is -1.41. The van der Waals surface area contributed by atoms with Gasteiger partial charge < -0.3 is 5.73 Å². The minimum atomic E-state index is -4.48. The van der Waals surface area contributed by atoms with Gasteiger partial charge in [0, 0.05) is 22.3 Å². The van der Waals surface area contributed by atoms with Crippen molar-refractivity contribution in [3.05, 3.63) is 51.3 Å². The zero-order valence-corrected chi connectivity index (χ0v) is 16.4. The Morgan fingerprint density at radius 1 is 1.30 bits per heavy atom. The average molecular weight is 451 g/mol. The molecule has 148 valence electrons. The van der Waals surface area contributed by atoms with E-state index in [9.17, 15) is 22.0 Å². The molecule has 1 heterocycles. The summed E-state index contributed by atoms with van der Waals surface area (Å²) in [5, 5.41) is 0. The first-order valence-electron chi connectivity index (χ1n) is 8.58. The number of hydrogen-bond donors (Lipinski definition) is 1. The Morgan fingerprint density at radius 3 is 2.56 bits per heavy atom. The first kappa shape index (κ1) is 20.3. The molecule has 2 unspecified atom stereocenters. The SMILES string of the molecule is Cc1c(N)ccc2c1C[C@@H](C)N(CC(F)(F)F)[C@@H]2C1C(F)=CC(Br)=CC1F. The van der Waals surface area contributed by atoms with Gasteiger partial charge in [-0.05, 0) is 55.2 Å². The Balaban J connectivity index is 2.16. The molecule has 1 aromatic rings. The maximum absolute atomic E-state index is 14.8. The van der Waals surface area contributed by atoms with Crippen molar-refractivity contribution in [3.8, 4) is 0 Å². The first-order valence-corrected chi connectivity index (χ1v) is 9.37. The summed E-state index contributed by atoms with van der Waals surface area (Å²) in [5.74, 6) is -2.12. The molecule has 27 heavy (non-hydrogen) atoms. The molecule has 3 rings (SSSR count). The number of benzene rings is 1. The smallest absolute Gasteiger partial charge is 0.399 e. The van der Waals surface area contributed by atoms with Gasteiger partial charge in [-0.3, -0.25) is 4.90 Å². The highest BCUT2D eigenvalue weighted by molar-refractivity contribution is 9.11. The normalized spacial score (nSPS) is 29.2. The van der Waals surface area contributed by atoms with E-state index in [1.165, 1.54) is 6.08 Å². The van der Waals surface area contributed by atoms with E-state index in [0.29, 0.717) is 17.7 Å². The van der Waals surface area contributed by atoms with Crippen molar-refractivity contribution in [2.45, 2.75) is 44.7 Å². The third-order valence-corrected chi connectivity index (χ3v) is 5.87. The van der Waals surface area contributed by atoms with Gasteiger partial charge in [0.1, 0.15) is 12.0 Å². The molecule has 0 bridgehead atoms. The molecule has 2 N–H and O–H groups in total. The molecule has 4 atom stereocenters. The molecule has 0 saturated heterocycles. The van der Waals surface area contributed by atoms with Gasteiger partial charge in [-0.1, -0.05) is 22.0 Å². The van der Waals surface area contributed by atoms with Crippen LogP contribution in [0.1, 0.15) is 29.7 Å². The molecule has 0 radical (unpaired) electrons. The molecule has 1 aliphatic heterocycles. The lowest BCUT2D eigenvalue weighted by atomic mass is 9.77. The lowest BCUT2D eigenvalue weighted by Gasteiger charge is -2.46. The number of allylic oxidation sites excluding steroid dienone is 3. The number of nitrogens with two attached hydrogens (primary N) is 1. The van der Waals surface area contributed by atoms with Crippen LogP contribution in [0.4, 0.5) is 27.6 Å². The molecule has 8 heteroatoms. The Labute approximate surface area is 163 Å². The topological polar surface area (TPSA) is 29.3 Å². The summed E-state index contributed by atoms with van der Waals surface area (Å²) in [5.41, 5.74) is 8.51. The molecule has 2 nitrogen and oxygen atoms in total. The van der Waals surface area contributed by atoms with Crippen molar-refractivity contribution in [1.29, 1.82) is 0 Å². The molecular formula is C19H20BrF5N2. The number of halogens is 6. The average Bonchev–Trinajstić information content (AvgIpc) is 2.52. The standard InChI is InChI=1S/C19H20BrF5N2/c1-9-5-13-10(2)16(26)4-3-12(13)18(27(9)8-19(23,24)25)17-14(21)6-11(20)7-15(17)22/h3-4,6-7,9,14,17-18H,5,8,26H2,1-2H3/t9-,14?,17?,18+/m1/s1. The first-order chi connectivity index (χ1) is 12.5. The monoisotopic (exact) mass is 450 g/mol. The molecular weight excluding hydrogens is 431 g/mol. The summed E-state index contributed by atoms with van der Waals surface area (Å²) in [6.07, 6.45) is -3.59. The number of nitrogens with zero attached hydrogens (tertiary/aromatic N) is 1. The third kappa shape index (κ3) is 3.92. The molecule has 0 aromatic heterocycles. The predicted molar refractivity (Wildman–Crippen MR) is 98.8 cm³/mol. The molecule has 1 aromatic carbocycles. The second-order valence-electron chi connectivity index (χ2n) is 7.18. The highest BCUT2D eigenvalue weighted by Gasteiger charge is 2.47. The highest BCUT2D eigenvalue weighted by Crippen LogP contribution is 2.47. The number of nitrogen functional groups attached to an aromatic ring is 1. The maximum atomic E-state index is 14.8. The fourth-order valence-electron chi connectivity index (χ4n) is 4.08. The fourth-order valence-corrected chi connectivity index (χ4v) is 4.55. The summed E-state index contributed by atoms with van der Waals surface area (Å²) in [4.78, 5) is 1.16. The number of alkyl halides is 4. The van der Waals surface area contributed by atoms with Crippen LogP contribution < -0.4 is 5.73 Å². The van der Waals surface area contributed by atoms with E-state index in [4.69, 9.17) is 5.73 Å².